The van der Waals surface area contributed by atoms with Gasteiger partial charge in [-0.1, -0.05) is 11.8 Å². The SMILES string of the molecule is CNC(C)(CSc1ncc(C)cn1)C(N)=O. The van der Waals surface area contributed by atoms with Crippen LogP contribution in [0.3, 0.4) is 0 Å². The third-order valence-electron chi connectivity index (χ3n) is 2.34. The number of hydrogen-bond acceptors (Lipinski definition) is 5. The van der Waals surface area contributed by atoms with Crippen molar-refractivity contribution in [2.24, 2.45) is 5.73 Å². The van der Waals surface area contributed by atoms with Gasteiger partial charge in [0, 0.05) is 18.1 Å². The van der Waals surface area contributed by atoms with Crippen LogP contribution in [0.4, 0.5) is 0 Å². The van der Waals surface area contributed by atoms with E-state index in [1.807, 2.05) is 6.92 Å². The standard InChI is InChI=1S/C10H16N4OS/c1-7-4-13-9(14-5-7)16-6-10(2,12-3)8(11)15/h4-5,12H,6H2,1-3H3,(H2,11,15). The van der Waals surface area contributed by atoms with Crippen molar-refractivity contribution in [3.05, 3.63) is 18.0 Å². The number of aryl methyl sites for hydroxylation is 1. The minimum absolute atomic E-state index is 0.380. The molecule has 1 aromatic heterocycles. The zero-order valence-electron chi connectivity index (χ0n) is 9.65. The van der Waals surface area contributed by atoms with Gasteiger partial charge in [-0.2, -0.15) is 0 Å². The largest absolute Gasteiger partial charge is 0.368 e. The normalized spacial score (nSPS) is 14.4. The molecule has 1 heterocycles. The number of primary amides is 1. The van der Waals surface area contributed by atoms with Crippen molar-refractivity contribution in [2.45, 2.75) is 24.5 Å². The summed E-state index contributed by atoms with van der Waals surface area (Å²) in [6.45, 7) is 3.69. The summed E-state index contributed by atoms with van der Waals surface area (Å²) in [5.41, 5.74) is 5.59. The van der Waals surface area contributed by atoms with Crippen LogP contribution in [-0.4, -0.2) is 34.2 Å². The molecule has 1 amide bonds. The first-order valence-corrected chi connectivity index (χ1v) is 5.87. The molecule has 0 saturated carbocycles. The summed E-state index contributed by atoms with van der Waals surface area (Å²) >= 11 is 1.40. The van der Waals surface area contributed by atoms with Crippen molar-refractivity contribution in [3.63, 3.8) is 0 Å². The third kappa shape index (κ3) is 3.18. The van der Waals surface area contributed by atoms with Crippen LogP contribution in [0.15, 0.2) is 17.6 Å². The van der Waals surface area contributed by atoms with E-state index in [1.165, 1.54) is 11.8 Å². The summed E-state index contributed by atoms with van der Waals surface area (Å²) in [5.74, 6) is 0.122. The predicted octanol–water partition coefficient (Wildman–Crippen LogP) is 0.341. The lowest BCUT2D eigenvalue weighted by Crippen LogP contribution is -2.53. The molecular weight excluding hydrogens is 224 g/mol. The predicted molar refractivity (Wildman–Crippen MR) is 64.2 cm³/mol. The maximum atomic E-state index is 11.2. The topological polar surface area (TPSA) is 80.9 Å². The van der Waals surface area contributed by atoms with Crippen molar-refractivity contribution in [3.8, 4) is 0 Å². The van der Waals surface area contributed by atoms with Crippen molar-refractivity contribution in [2.75, 3.05) is 12.8 Å². The van der Waals surface area contributed by atoms with Gasteiger partial charge in [0.15, 0.2) is 5.16 Å². The van der Waals surface area contributed by atoms with Crippen LogP contribution in [0.5, 0.6) is 0 Å². The maximum absolute atomic E-state index is 11.2. The zero-order chi connectivity index (χ0) is 12.2. The van der Waals surface area contributed by atoms with Gasteiger partial charge in [-0.05, 0) is 26.5 Å². The number of thioether (sulfide) groups is 1. The van der Waals surface area contributed by atoms with E-state index < -0.39 is 5.54 Å². The molecule has 1 rings (SSSR count). The summed E-state index contributed by atoms with van der Waals surface area (Å²) < 4.78 is 0. The van der Waals surface area contributed by atoms with Crippen LogP contribution in [0.1, 0.15) is 12.5 Å². The minimum atomic E-state index is -0.737. The van der Waals surface area contributed by atoms with Crippen LogP contribution < -0.4 is 11.1 Å². The fourth-order valence-corrected chi connectivity index (χ4v) is 1.89. The number of rotatable bonds is 5. The van der Waals surface area contributed by atoms with Crippen LogP contribution >= 0.6 is 11.8 Å². The second kappa shape index (κ2) is 5.27. The number of nitrogens with one attached hydrogen (secondary N) is 1. The smallest absolute Gasteiger partial charge is 0.238 e. The van der Waals surface area contributed by atoms with Gasteiger partial charge in [0.25, 0.3) is 0 Å². The molecule has 0 radical (unpaired) electrons. The van der Waals surface area contributed by atoms with E-state index in [9.17, 15) is 4.79 Å². The molecule has 3 N–H and O–H groups in total. The van der Waals surface area contributed by atoms with E-state index in [2.05, 4.69) is 15.3 Å². The molecule has 0 saturated heterocycles. The Hall–Kier alpha value is -1.14. The Morgan fingerprint density at radius 1 is 1.56 bits per heavy atom. The van der Waals surface area contributed by atoms with Gasteiger partial charge in [-0.25, -0.2) is 9.97 Å². The van der Waals surface area contributed by atoms with Crippen LogP contribution in [0.2, 0.25) is 0 Å². The number of nitrogens with zero attached hydrogens (tertiary/aromatic N) is 2. The van der Waals surface area contributed by atoms with Gasteiger partial charge in [0.1, 0.15) is 5.54 Å². The number of carbonyl (C=O) groups is 1. The van der Waals surface area contributed by atoms with Crippen LogP contribution in [-0.2, 0) is 4.79 Å². The Morgan fingerprint density at radius 3 is 2.56 bits per heavy atom. The molecule has 88 valence electrons. The number of aromatic nitrogens is 2. The van der Waals surface area contributed by atoms with E-state index >= 15 is 0 Å². The van der Waals surface area contributed by atoms with Gasteiger partial charge in [0.05, 0.1) is 0 Å². The average Bonchev–Trinajstić information content (AvgIpc) is 2.27. The van der Waals surface area contributed by atoms with Crippen molar-refractivity contribution in [1.29, 1.82) is 0 Å². The monoisotopic (exact) mass is 240 g/mol. The molecule has 0 fully saturated rings. The molecule has 0 spiro atoms. The van der Waals surface area contributed by atoms with Gasteiger partial charge in [-0.3, -0.25) is 4.79 Å². The molecule has 16 heavy (non-hydrogen) atoms. The molecule has 6 heteroatoms. The maximum Gasteiger partial charge on any atom is 0.238 e. The highest BCUT2D eigenvalue weighted by atomic mass is 32.2. The average molecular weight is 240 g/mol. The Morgan fingerprint density at radius 2 is 2.12 bits per heavy atom. The summed E-state index contributed by atoms with van der Waals surface area (Å²) in [7, 11) is 1.71. The van der Waals surface area contributed by atoms with Gasteiger partial charge in [-0.15, -0.1) is 0 Å². The molecule has 0 aliphatic heterocycles. The number of amides is 1. The zero-order valence-corrected chi connectivity index (χ0v) is 10.5. The molecule has 1 unspecified atom stereocenters. The lowest BCUT2D eigenvalue weighted by atomic mass is 10.1. The molecule has 5 nitrogen and oxygen atoms in total. The highest BCUT2D eigenvalue weighted by Gasteiger charge is 2.29. The second-order valence-electron chi connectivity index (χ2n) is 3.78. The van der Waals surface area contributed by atoms with E-state index in [0.29, 0.717) is 10.9 Å². The van der Waals surface area contributed by atoms with Crippen molar-refractivity contribution >= 4 is 17.7 Å². The Balaban J connectivity index is 2.63. The Labute approximate surface area is 99.2 Å². The number of likely N-dealkylation sites (N-methyl/N-ethyl adjacent to an activating group) is 1. The highest BCUT2D eigenvalue weighted by molar-refractivity contribution is 7.99. The first kappa shape index (κ1) is 12.9. The molecule has 0 aromatic carbocycles. The first-order chi connectivity index (χ1) is 7.48. The minimum Gasteiger partial charge on any atom is -0.368 e. The number of carbonyl (C=O) groups excluding carboxylic acids is 1. The fraction of sp³-hybridized carbons (Fsp3) is 0.500. The van der Waals surface area contributed by atoms with Crippen LogP contribution in [0.25, 0.3) is 0 Å². The molecule has 0 aliphatic carbocycles. The van der Waals surface area contributed by atoms with Gasteiger partial charge in [0.2, 0.25) is 5.91 Å². The quantitative estimate of drug-likeness (QED) is 0.573. The molecule has 1 atom stereocenters. The second-order valence-corrected chi connectivity index (χ2v) is 4.72. The van der Waals surface area contributed by atoms with Crippen molar-refractivity contribution < 1.29 is 4.79 Å². The van der Waals surface area contributed by atoms with E-state index in [4.69, 9.17) is 5.73 Å². The molecule has 1 aromatic rings. The molecular formula is C10H16N4OS. The lowest BCUT2D eigenvalue weighted by molar-refractivity contribution is -0.122. The first-order valence-electron chi connectivity index (χ1n) is 4.88. The van der Waals surface area contributed by atoms with E-state index in [-0.39, 0.29) is 5.91 Å². The van der Waals surface area contributed by atoms with Crippen LogP contribution in [0, 0.1) is 6.92 Å². The summed E-state index contributed by atoms with van der Waals surface area (Å²) in [6, 6.07) is 0. The van der Waals surface area contributed by atoms with Gasteiger partial charge >= 0.3 is 0 Å². The Kier molecular flexibility index (Phi) is 4.26. The van der Waals surface area contributed by atoms with E-state index in [0.717, 1.165) is 5.56 Å². The Bertz CT molecular complexity index is 368. The lowest BCUT2D eigenvalue weighted by Gasteiger charge is -2.24. The number of nitrogens with two attached hydrogens (primary N) is 1. The van der Waals surface area contributed by atoms with E-state index in [1.54, 1.807) is 26.4 Å². The highest BCUT2D eigenvalue weighted by Crippen LogP contribution is 2.18. The summed E-state index contributed by atoms with van der Waals surface area (Å²) in [5, 5.41) is 3.56. The molecule has 0 bridgehead atoms. The fourth-order valence-electron chi connectivity index (χ4n) is 0.931. The summed E-state index contributed by atoms with van der Waals surface area (Å²) in [4.78, 5) is 19.5. The van der Waals surface area contributed by atoms with Gasteiger partial charge < -0.3 is 11.1 Å². The third-order valence-corrected chi connectivity index (χ3v) is 3.53. The van der Waals surface area contributed by atoms with Crippen molar-refractivity contribution in [1.82, 2.24) is 15.3 Å². The summed E-state index contributed by atoms with van der Waals surface area (Å²) in [6.07, 6.45) is 3.49. The molecule has 0 aliphatic rings. The number of hydrogen-bond donors (Lipinski definition) is 2.